The van der Waals surface area contributed by atoms with E-state index >= 15 is 0 Å². The lowest BCUT2D eigenvalue weighted by Crippen LogP contribution is -1.70. The van der Waals surface area contributed by atoms with Crippen molar-refractivity contribution in [1.82, 2.24) is 9.97 Å². The highest BCUT2D eigenvalue weighted by Gasteiger charge is 1.83. The molecule has 0 atom stereocenters. The van der Waals surface area contributed by atoms with Crippen molar-refractivity contribution >= 4 is 0 Å². The summed E-state index contributed by atoms with van der Waals surface area (Å²) in [7, 11) is 0. The monoisotopic (exact) mass is 158 g/mol. The maximum Gasteiger partial charge on any atom is 0.103 e. The molecule has 0 aliphatic heterocycles. The molecule has 0 aliphatic rings. The molecule has 0 amide bonds. The number of H-pyrrole nitrogens is 1. The summed E-state index contributed by atoms with van der Waals surface area (Å²) in [5.41, 5.74) is 1.12. The van der Waals surface area contributed by atoms with Crippen LogP contribution in [0.3, 0.4) is 0 Å². The smallest absolute Gasteiger partial charge is 0.103 e. The van der Waals surface area contributed by atoms with Crippen molar-refractivity contribution in [1.29, 1.82) is 0 Å². The molecule has 0 saturated heterocycles. The van der Waals surface area contributed by atoms with E-state index in [1.54, 1.807) is 0 Å². The first-order valence-electron chi connectivity index (χ1n) is 4.27. The molecular formula is C9H22N2. The largest absolute Gasteiger partial charge is 0.346 e. The molecule has 1 aromatic heterocycles. The van der Waals surface area contributed by atoms with Gasteiger partial charge in [0.1, 0.15) is 5.82 Å². The molecular weight excluding hydrogens is 136 g/mol. The summed E-state index contributed by atoms with van der Waals surface area (Å²) in [6.07, 6.45) is 1.81. The Morgan fingerprint density at radius 2 is 1.64 bits per heavy atom. The molecule has 1 heterocycles. The van der Waals surface area contributed by atoms with Gasteiger partial charge in [0.15, 0.2) is 0 Å². The van der Waals surface area contributed by atoms with Gasteiger partial charge in [0.25, 0.3) is 0 Å². The van der Waals surface area contributed by atoms with Crippen molar-refractivity contribution in [2.75, 3.05) is 0 Å². The van der Waals surface area contributed by atoms with Crippen LogP contribution in [0.15, 0.2) is 6.20 Å². The van der Waals surface area contributed by atoms with Crippen molar-refractivity contribution < 1.29 is 1.43 Å². The minimum absolute atomic E-state index is 0. The molecule has 0 aliphatic carbocycles. The Bertz CT molecular complexity index is 145. The molecule has 0 bridgehead atoms. The van der Waals surface area contributed by atoms with E-state index in [0.29, 0.717) is 0 Å². The van der Waals surface area contributed by atoms with Crippen LogP contribution in [0.4, 0.5) is 0 Å². The Balaban J connectivity index is -0.000000144. The number of rotatable bonds is 0. The van der Waals surface area contributed by atoms with Gasteiger partial charge in [-0.3, -0.25) is 0 Å². The van der Waals surface area contributed by atoms with Gasteiger partial charge in [-0.05, 0) is 13.8 Å². The van der Waals surface area contributed by atoms with Gasteiger partial charge in [0.2, 0.25) is 0 Å². The lowest BCUT2D eigenvalue weighted by atomic mass is 10.6. The Morgan fingerprint density at radius 1 is 1.18 bits per heavy atom. The third kappa shape index (κ3) is 7.10. The standard InChI is InChI=1S/C5H8N2.2C2H6.H2/c1-4-3-6-5(2)7-4;2*1-2;/h3H,1-2H3,(H,6,7);2*1-2H3;1H. The number of aromatic nitrogens is 2. The minimum atomic E-state index is 0. The van der Waals surface area contributed by atoms with Gasteiger partial charge in [0.05, 0.1) is 0 Å². The van der Waals surface area contributed by atoms with Crippen molar-refractivity contribution in [3.63, 3.8) is 0 Å². The van der Waals surface area contributed by atoms with E-state index in [1.807, 2.05) is 47.7 Å². The molecule has 0 fully saturated rings. The van der Waals surface area contributed by atoms with E-state index in [9.17, 15) is 0 Å². The predicted molar refractivity (Wildman–Crippen MR) is 52.9 cm³/mol. The number of hydrogen-bond donors (Lipinski definition) is 1. The van der Waals surface area contributed by atoms with E-state index in [0.717, 1.165) is 11.5 Å². The van der Waals surface area contributed by atoms with Gasteiger partial charge in [0, 0.05) is 13.3 Å². The summed E-state index contributed by atoms with van der Waals surface area (Å²) in [4.78, 5) is 6.99. The van der Waals surface area contributed by atoms with Crippen LogP contribution >= 0.6 is 0 Å². The number of aromatic amines is 1. The Morgan fingerprint density at radius 3 is 1.73 bits per heavy atom. The average Bonchev–Trinajstić information content (AvgIpc) is 2.43. The summed E-state index contributed by atoms with van der Waals surface area (Å²) in [6, 6.07) is 0. The third-order valence-corrected chi connectivity index (χ3v) is 0.830. The second-order valence-electron chi connectivity index (χ2n) is 1.65. The summed E-state index contributed by atoms with van der Waals surface area (Å²) in [5.74, 6) is 0.984. The quantitative estimate of drug-likeness (QED) is 0.616. The van der Waals surface area contributed by atoms with Crippen LogP contribution in [-0.2, 0) is 0 Å². The summed E-state index contributed by atoms with van der Waals surface area (Å²) >= 11 is 0. The van der Waals surface area contributed by atoms with E-state index in [4.69, 9.17) is 0 Å². The summed E-state index contributed by atoms with van der Waals surface area (Å²) < 4.78 is 0. The lowest BCUT2D eigenvalue weighted by Gasteiger charge is -1.74. The summed E-state index contributed by atoms with van der Waals surface area (Å²) in [5, 5.41) is 0. The van der Waals surface area contributed by atoms with Crippen molar-refractivity contribution in [3.05, 3.63) is 17.7 Å². The van der Waals surface area contributed by atoms with Crippen LogP contribution in [0, 0.1) is 13.8 Å². The maximum atomic E-state index is 3.96. The number of aryl methyl sites for hydroxylation is 2. The first-order valence-corrected chi connectivity index (χ1v) is 4.27. The molecule has 68 valence electrons. The van der Waals surface area contributed by atoms with Crippen molar-refractivity contribution in [2.24, 2.45) is 0 Å². The highest BCUT2D eigenvalue weighted by Crippen LogP contribution is 1.89. The topological polar surface area (TPSA) is 28.7 Å². The fourth-order valence-corrected chi connectivity index (χ4v) is 0.544. The second kappa shape index (κ2) is 9.21. The Kier molecular flexibility index (Phi) is 10.8. The van der Waals surface area contributed by atoms with E-state index in [2.05, 4.69) is 9.97 Å². The van der Waals surface area contributed by atoms with Crippen LogP contribution in [-0.4, -0.2) is 9.97 Å². The predicted octanol–water partition coefficient (Wildman–Crippen LogP) is 3.32. The molecule has 2 nitrogen and oxygen atoms in total. The highest BCUT2D eigenvalue weighted by molar-refractivity contribution is 4.95. The normalized spacial score (nSPS) is 7.09. The van der Waals surface area contributed by atoms with E-state index in [1.165, 1.54) is 0 Å². The molecule has 0 saturated carbocycles. The zero-order valence-electron chi connectivity index (χ0n) is 8.52. The molecule has 1 rings (SSSR count). The van der Waals surface area contributed by atoms with Gasteiger partial charge in [-0.25, -0.2) is 4.98 Å². The van der Waals surface area contributed by atoms with Crippen LogP contribution in [0.5, 0.6) is 0 Å². The minimum Gasteiger partial charge on any atom is -0.346 e. The fourth-order valence-electron chi connectivity index (χ4n) is 0.544. The molecule has 11 heavy (non-hydrogen) atoms. The van der Waals surface area contributed by atoms with Gasteiger partial charge in [-0.1, -0.05) is 27.7 Å². The van der Waals surface area contributed by atoms with Gasteiger partial charge < -0.3 is 4.98 Å². The molecule has 0 spiro atoms. The van der Waals surface area contributed by atoms with Gasteiger partial charge >= 0.3 is 0 Å². The maximum absolute atomic E-state index is 3.96. The van der Waals surface area contributed by atoms with Crippen LogP contribution < -0.4 is 0 Å². The zero-order chi connectivity index (χ0) is 9.28. The lowest BCUT2D eigenvalue weighted by molar-refractivity contribution is 1.13. The molecule has 0 radical (unpaired) electrons. The van der Waals surface area contributed by atoms with Gasteiger partial charge in [-0.2, -0.15) is 0 Å². The second-order valence-corrected chi connectivity index (χ2v) is 1.65. The Labute approximate surface area is 71.5 Å². The number of imidazole rings is 1. The van der Waals surface area contributed by atoms with Crippen molar-refractivity contribution in [3.8, 4) is 0 Å². The zero-order valence-corrected chi connectivity index (χ0v) is 8.52. The summed E-state index contributed by atoms with van der Waals surface area (Å²) in [6.45, 7) is 11.9. The van der Waals surface area contributed by atoms with E-state index < -0.39 is 0 Å². The van der Waals surface area contributed by atoms with Gasteiger partial charge in [-0.15, -0.1) is 0 Å². The van der Waals surface area contributed by atoms with E-state index in [-0.39, 0.29) is 1.43 Å². The van der Waals surface area contributed by atoms with Crippen LogP contribution in [0.2, 0.25) is 0 Å². The number of hydrogen-bond acceptors (Lipinski definition) is 1. The van der Waals surface area contributed by atoms with Crippen molar-refractivity contribution in [2.45, 2.75) is 41.5 Å². The molecule has 1 N–H and O–H groups in total. The number of nitrogens with one attached hydrogen (secondary N) is 1. The van der Waals surface area contributed by atoms with Crippen LogP contribution in [0.1, 0.15) is 40.6 Å². The molecule has 2 heteroatoms. The SMILES string of the molecule is CC.CC.Cc1cnc(C)[nH]1.[HH]. The average molecular weight is 158 g/mol. The fraction of sp³-hybridized carbons (Fsp3) is 0.667. The third-order valence-electron chi connectivity index (χ3n) is 0.830. The molecule has 1 aromatic rings. The Hall–Kier alpha value is -0.790. The number of nitrogens with zero attached hydrogens (tertiary/aromatic N) is 1. The molecule has 0 unspecified atom stereocenters. The first-order chi connectivity index (χ1) is 5.29. The molecule has 0 aromatic carbocycles. The van der Waals surface area contributed by atoms with Crippen LogP contribution in [0.25, 0.3) is 0 Å². The first kappa shape index (κ1) is 12.8. The highest BCUT2D eigenvalue weighted by atomic mass is 14.9.